The topological polar surface area (TPSA) is 86.2 Å². The second-order valence-electron chi connectivity index (χ2n) is 19.5. The Morgan fingerprint density at radius 3 is 0.392 bits per heavy atom. The highest BCUT2D eigenvalue weighted by Gasteiger charge is 2.45. The van der Waals surface area contributed by atoms with Crippen LogP contribution >= 0.6 is 29.6 Å². The Morgan fingerprint density at radius 2 is 0.311 bits per heavy atom. The molecule has 9 aromatic carbocycles. The van der Waals surface area contributed by atoms with Crippen molar-refractivity contribution in [2.24, 2.45) is 0 Å². The summed E-state index contributed by atoms with van der Waals surface area (Å²) in [5, 5.41) is 13.4. The third-order valence-corrected chi connectivity index (χ3v) is 27.6. The van der Waals surface area contributed by atoms with Crippen molar-refractivity contribution in [1.29, 1.82) is 0 Å². The summed E-state index contributed by atoms with van der Waals surface area (Å²) < 4.78 is 8.55. The summed E-state index contributed by atoms with van der Waals surface area (Å²) in [7, 11) is -10.3. The van der Waals surface area contributed by atoms with E-state index in [9.17, 15) is 0 Å². The summed E-state index contributed by atoms with van der Waals surface area (Å²) in [5.41, 5.74) is 12.5. The molecule has 380 valence electrons. The standard InChI is InChI=1S/3C22H24P.H3O4P/c3*1-17-11-5-8-14-20(17)23(4,21-15-9-6-12-18(21)2)22-16-10-7-13-19(22)3;1-5(2,3)4/h3*5-16H,1-4H3;(H3,1,2,3,4)/q3*+1;/p-3. The van der Waals surface area contributed by atoms with E-state index < -0.39 is 29.6 Å². The fourth-order valence-corrected chi connectivity index (χ4v) is 23.6. The lowest BCUT2D eigenvalue weighted by Gasteiger charge is -2.36. The van der Waals surface area contributed by atoms with Crippen LogP contribution in [0.1, 0.15) is 50.1 Å². The first-order valence-corrected chi connectivity index (χ1v) is 33.2. The fourth-order valence-electron chi connectivity index (χ4n) is 10.8. The van der Waals surface area contributed by atoms with Crippen LogP contribution in [0.5, 0.6) is 0 Å². The second-order valence-corrected chi connectivity index (χ2v) is 30.8. The molecule has 0 radical (unpaired) electrons. The van der Waals surface area contributed by atoms with E-state index in [0.29, 0.717) is 0 Å². The summed E-state index contributed by atoms with van der Waals surface area (Å²) >= 11 is 0. The van der Waals surface area contributed by atoms with E-state index in [1.54, 1.807) is 0 Å². The Balaban J connectivity index is 0.000000173. The van der Waals surface area contributed by atoms with Gasteiger partial charge in [-0.15, -0.1) is 0 Å². The normalized spacial score (nSPS) is 11.5. The lowest BCUT2D eigenvalue weighted by atomic mass is 10.2. The molecule has 74 heavy (non-hydrogen) atoms. The molecule has 9 aromatic rings. The molecule has 0 bridgehead atoms. The summed E-state index contributed by atoms with van der Waals surface area (Å²) in [6.45, 7) is 27.6. The average molecular weight is 1050 g/mol. The van der Waals surface area contributed by atoms with Crippen LogP contribution in [0.25, 0.3) is 0 Å². The molecule has 0 amide bonds. The van der Waals surface area contributed by atoms with Gasteiger partial charge in [0, 0.05) is 0 Å². The smallest absolute Gasteiger partial charge is 0.110 e. The molecule has 0 saturated carbocycles. The number of benzene rings is 9. The highest BCUT2D eigenvalue weighted by Crippen LogP contribution is 2.56. The Hall–Kier alpha value is -5.62. The summed E-state index contributed by atoms with van der Waals surface area (Å²) in [5.74, 6) is 0. The zero-order valence-corrected chi connectivity index (χ0v) is 48.8. The zero-order chi connectivity index (χ0) is 53.8. The lowest BCUT2D eigenvalue weighted by molar-refractivity contribution is -0.432. The highest BCUT2D eigenvalue weighted by atomic mass is 31.2. The van der Waals surface area contributed by atoms with Gasteiger partial charge in [0.15, 0.2) is 0 Å². The Labute approximate surface area is 444 Å². The third-order valence-electron chi connectivity index (χ3n) is 14.4. The molecule has 0 aliphatic rings. The molecule has 0 aromatic heterocycles. The average Bonchev–Trinajstić information content (AvgIpc) is 3.37. The maximum absolute atomic E-state index is 8.55. The van der Waals surface area contributed by atoms with Crippen LogP contribution in [0.4, 0.5) is 0 Å². The molecule has 9 rings (SSSR count). The first-order valence-electron chi connectivity index (χ1n) is 25.0. The van der Waals surface area contributed by atoms with Gasteiger partial charge in [-0.1, -0.05) is 164 Å². The van der Waals surface area contributed by atoms with Crippen LogP contribution in [0, 0.1) is 62.3 Å². The number of rotatable bonds is 9. The molecule has 0 spiro atoms. The molecule has 8 heteroatoms. The van der Waals surface area contributed by atoms with Crippen LogP contribution in [0.2, 0.25) is 0 Å². The maximum atomic E-state index is 8.55. The van der Waals surface area contributed by atoms with Crippen molar-refractivity contribution in [3.05, 3.63) is 268 Å². The van der Waals surface area contributed by atoms with Crippen molar-refractivity contribution in [3.63, 3.8) is 0 Å². The van der Waals surface area contributed by atoms with Gasteiger partial charge in [0.2, 0.25) is 0 Å². The van der Waals surface area contributed by atoms with Crippen LogP contribution in [-0.4, -0.2) is 20.0 Å². The number of aryl methyl sites for hydroxylation is 9. The van der Waals surface area contributed by atoms with Gasteiger partial charge in [-0.2, -0.15) is 7.82 Å². The van der Waals surface area contributed by atoms with Crippen molar-refractivity contribution in [3.8, 4) is 0 Å². The van der Waals surface area contributed by atoms with E-state index in [0.717, 1.165) is 0 Å². The second kappa shape index (κ2) is 25.3. The van der Waals surface area contributed by atoms with E-state index in [4.69, 9.17) is 19.2 Å². The van der Waals surface area contributed by atoms with Crippen molar-refractivity contribution >= 4 is 77.4 Å². The molecule has 0 saturated heterocycles. The minimum Gasteiger partial charge on any atom is -0.822 e. The Morgan fingerprint density at radius 1 is 0.230 bits per heavy atom. The summed E-state index contributed by atoms with van der Waals surface area (Å²) in [4.78, 5) is 25.6. The van der Waals surface area contributed by atoms with E-state index >= 15 is 0 Å². The SMILES string of the molecule is Cc1ccccc1[P+](C)(c1ccccc1C)c1ccccc1C.Cc1ccccc1[P+](C)(c1ccccc1C)c1ccccc1C.Cc1ccccc1[P+](C)(c1ccccc1C)c1ccccc1C.O=P([O-])([O-])[O-]. The van der Waals surface area contributed by atoms with Gasteiger partial charge >= 0.3 is 0 Å². The van der Waals surface area contributed by atoms with Gasteiger partial charge in [0.25, 0.3) is 0 Å². The van der Waals surface area contributed by atoms with Gasteiger partial charge in [-0.05, 0) is 167 Å². The third kappa shape index (κ3) is 13.1. The summed E-state index contributed by atoms with van der Waals surface area (Å²) in [6.07, 6.45) is 0. The van der Waals surface area contributed by atoms with Gasteiger partial charge in [-0.25, -0.2) is 0 Å². The highest BCUT2D eigenvalue weighted by molar-refractivity contribution is 7.96. The molecular weight excluding hydrogens is 981 g/mol. The van der Waals surface area contributed by atoms with E-state index in [1.165, 1.54) is 97.8 Å². The number of hydrogen-bond acceptors (Lipinski definition) is 4. The predicted octanol–water partition coefficient (Wildman–Crippen LogP) is 10.8. The van der Waals surface area contributed by atoms with Crippen LogP contribution in [0.15, 0.2) is 218 Å². The van der Waals surface area contributed by atoms with Crippen LogP contribution in [0.3, 0.4) is 0 Å². The molecule has 0 atom stereocenters. The molecule has 0 fully saturated rings. The molecule has 0 aliphatic carbocycles. The Kier molecular flexibility index (Phi) is 19.7. The van der Waals surface area contributed by atoms with Gasteiger partial charge < -0.3 is 19.2 Å². The van der Waals surface area contributed by atoms with E-state index in [-0.39, 0.29) is 0 Å². The monoisotopic (exact) mass is 1050 g/mol. The minimum absolute atomic E-state index is 1.38. The van der Waals surface area contributed by atoms with E-state index in [2.05, 4.69) is 301 Å². The largest absolute Gasteiger partial charge is 0.822 e. The van der Waals surface area contributed by atoms with Gasteiger partial charge in [-0.3, -0.25) is 0 Å². The first kappa shape index (κ1) is 57.7. The fraction of sp³-hybridized carbons (Fsp3) is 0.182. The summed E-state index contributed by atoms with van der Waals surface area (Å²) in [6, 6.07) is 79.9. The predicted molar refractivity (Wildman–Crippen MR) is 323 cm³/mol. The van der Waals surface area contributed by atoms with Crippen molar-refractivity contribution < 1.29 is 19.2 Å². The van der Waals surface area contributed by atoms with Crippen molar-refractivity contribution in [2.75, 3.05) is 20.0 Å². The van der Waals surface area contributed by atoms with Gasteiger partial charge in [0.1, 0.15) is 69.5 Å². The van der Waals surface area contributed by atoms with Crippen molar-refractivity contribution in [2.45, 2.75) is 62.3 Å². The maximum Gasteiger partial charge on any atom is 0.110 e. The zero-order valence-electron chi connectivity index (χ0n) is 45.2. The Bertz CT molecular complexity index is 2690. The molecule has 0 N–H and O–H groups in total. The quantitative estimate of drug-likeness (QED) is 0.135. The minimum atomic E-state index is -5.39. The van der Waals surface area contributed by atoms with Crippen molar-refractivity contribution in [1.82, 2.24) is 0 Å². The number of phosphoric acid groups is 1. The van der Waals surface area contributed by atoms with Gasteiger partial charge in [0.05, 0.1) is 20.0 Å². The van der Waals surface area contributed by atoms with Crippen LogP contribution in [-0.2, 0) is 4.57 Å². The number of hydrogen-bond donors (Lipinski definition) is 0. The molecule has 0 unspecified atom stereocenters. The lowest BCUT2D eigenvalue weighted by Crippen LogP contribution is -2.34. The molecule has 4 nitrogen and oxygen atoms in total. The molecular formula is C66H72O4P4. The molecule has 0 aliphatic heterocycles. The first-order chi connectivity index (χ1) is 35.1. The van der Waals surface area contributed by atoms with Crippen LogP contribution < -0.4 is 62.4 Å². The molecule has 0 heterocycles. The van der Waals surface area contributed by atoms with E-state index in [1.807, 2.05) is 0 Å².